The molecule has 3 rings (SSSR count). The van der Waals surface area contributed by atoms with E-state index >= 15 is 0 Å². The third kappa shape index (κ3) is 0.934. The maximum Gasteiger partial charge on any atom is 0.392 e. The van der Waals surface area contributed by atoms with Gasteiger partial charge in [-0.15, -0.1) is 0 Å². The maximum absolute atomic E-state index is 12.5. The largest absolute Gasteiger partial charge is 0.392 e. The normalized spacial score (nSPS) is 53.3. The van der Waals surface area contributed by atoms with Gasteiger partial charge in [-0.3, -0.25) is 0 Å². The maximum atomic E-state index is 12.5. The molecule has 3 heteroatoms. The lowest BCUT2D eigenvalue weighted by atomic mass is 9.58. The average Bonchev–Trinajstić information content (AvgIpc) is 2.37. The second-order valence-corrected chi connectivity index (χ2v) is 4.96. The Morgan fingerprint density at radius 1 is 0.923 bits per heavy atom. The monoisotopic (exact) mass is 190 g/mol. The van der Waals surface area contributed by atoms with Crippen LogP contribution < -0.4 is 0 Å². The van der Waals surface area contributed by atoms with Gasteiger partial charge in [-0.2, -0.15) is 13.2 Å². The van der Waals surface area contributed by atoms with E-state index in [0.717, 1.165) is 12.8 Å². The van der Waals surface area contributed by atoms with Crippen LogP contribution in [0, 0.1) is 29.6 Å². The zero-order valence-electron chi connectivity index (χ0n) is 7.35. The highest BCUT2D eigenvalue weighted by molar-refractivity contribution is 5.07. The van der Waals surface area contributed by atoms with Gasteiger partial charge in [-0.05, 0) is 49.4 Å². The Kier molecular flexibility index (Phi) is 1.40. The van der Waals surface area contributed by atoms with E-state index in [9.17, 15) is 13.2 Å². The van der Waals surface area contributed by atoms with Crippen molar-refractivity contribution in [1.82, 2.24) is 0 Å². The lowest BCUT2D eigenvalue weighted by Crippen LogP contribution is -2.48. The number of hydrogen-bond acceptors (Lipinski definition) is 0. The number of fused-ring (bicyclic) bond motifs is 5. The van der Waals surface area contributed by atoms with E-state index in [-0.39, 0.29) is 5.92 Å². The molecule has 0 radical (unpaired) electrons. The lowest BCUT2D eigenvalue weighted by molar-refractivity contribution is -0.235. The first-order chi connectivity index (χ1) is 6.07. The van der Waals surface area contributed by atoms with Gasteiger partial charge in [0.1, 0.15) is 0 Å². The van der Waals surface area contributed by atoms with Gasteiger partial charge >= 0.3 is 6.18 Å². The van der Waals surface area contributed by atoms with Crippen LogP contribution in [-0.4, -0.2) is 6.18 Å². The zero-order valence-corrected chi connectivity index (χ0v) is 7.35. The highest BCUT2D eigenvalue weighted by Gasteiger charge is 2.64. The number of hydrogen-bond donors (Lipinski definition) is 0. The Hall–Kier alpha value is -0.210. The molecule has 5 unspecified atom stereocenters. The van der Waals surface area contributed by atoms with E-state index in [2.05, 4.69) is 0 Å². The Labute approximate surface area is 75.5 Å². The summed E-state index contributed by atoms with van der Waals surface area (Å²) in [4.78, 5) is 0. The molecule has 0 aromatic rings. The summed E-state index contributed by atoms with van der Waals surface area (Å²) in [5.41, 5.74) is 0. The molecule has 0 nitrogen and oxygen atoms in total. The van der Waals surface area contributed by atoms with E-state index in [1.807, 2.05) is 0 Å². The van der Waals surface area contributed by atoms with Crippen LogP contribution in [0.25, 0.3) is 0 Å². The van der Waals surface area contributed by atoms with E-state index < -0.39 is 12.1 Å². The standard InChI is InChI=1S/C10H13F3/c11-10(12,13)8-4-7-5-1-2-6(3-5)9(7)8/h5-9H,1-4H2. The van der Waals surface area contributed by atoms with Gasteiger partial charge in [0.25, 0.3) is 0 Å². The first kappa shape index (κ1) is 8.13. The first-order valence-corrected chi connectivity index (χ1v) is 5.14. The molecule has 3 fully saturated rings. The fourth-order valence-corrected chi connectivity index (χ4v) is 4.04. The van der Waals surface area contributed by atoms with Crippen LogP contribution in [0.2, 0.25) is 0 Å². The molecule has 74 valence electrons. The van der Waals surface area contributed by atoms with E-state index in [0.29, 0.717) is 24.2 Å². The third-order valence-electron chi connectivity index (χ3n) is 4.57. The summed E-state index contributed by atoms with van der Waals surface area (Å²) < 4.78 is 37.4. The smallest absolute Gasteiger partial charge is 0.171 e. The van der Waals surface area contributed by atoms with Crippen LogP contribution in [0.3, 0.4) is 0 Å². The lowest BCUT2D eigenvalue weighted by Gasteiger charge is -2.48. The quantitative estimate of drug-likeness (QED) is 0.550. The topological polar surface area (TPSA) is 0 Å². The second-order valence-electron chi connectivity index (χ2n) is 4.96. The minimum Gasteiger partial charge on any atom is -0.171 e. The van der Waals surface area contributed by atoms with Crippen LogP contribution in [0.15, 0.2) is 0 Å². The van der Waals surface area contributed by atoms with E-state index in [1.54, 1.807) is 0 Å². The van der Waals surface area contributed by atoms with Crippen LogP contribution in [0.4, 0.5) is 13.2 Å². The number of halogens is 3. The number of alkyl halides is 3. The summed E-state index contributed by atoms with van der Waals surface area (Å²) in [7, 11) is 0. The third-order valence-corrected chi connectivity index (χ3v) is 4.57. The molecule has 0 saturated heterocycles. The molecule has 3 saturated carbocycles. The minimum absolute atomic E-state index is 0.0266. The van der Waals surface area contributed by atoms with Gasteiger partial charge in [0.05, 0.1) is 5.92 Å². The minimum atomic E-state index is -3.91. The van der Waals surface area contributed by atoms with Crippen molar-refractivity contribution < 1.29 is 13.2 Å². The summed E-state index contributed by atoms with van der Waals surface area (Å²) in [6, 6.07) is 0. The predicted molar refractivity (Wildman–Crippen MR) is 42.0 cm³/mol. The van der Waals surface area contributed by atoms with Crippen LogP contribution in [-0.2, 0) is 0 Å². The molecule has 3 aliphatic rings. The van der Waals surface area contributed by atoms with Gasteiger partial charge in [-0.25, -0.2) is 0 Å². The molecule has 0 aromatic heterocycles. The molecule has 0 N–H and O–H groups in total. The summed E-state index contributed by atoms with van der Waals surface area (Å²) in [6.45, 7) is 0. The zero-order chi connectivity index (χ0) is 9.22. The molecular weight excluding hydrogens is 177 g/mol. The molecule has 13 heavy (non-hydrogen) atoms. The fourth-order valence-electron chi connectivity index (χ4n) is 4.04. The van der Waals surface area contributed by atoms with Crippen LogP contribution in [0.5, 0.6) is 0 Å². The fraction of sp³-hybridized carbons (Fsp3) is 1.00. The molecule has 3 aliphatic carbocycles. The molecule has 0 aliphatic heterocycles. The molecule has 0 spiro atoms. The van der Waals surface area contributed by atoms with Gasteiger partial charge in [0.15, 0.2) is 0 Å². The van der Waals surface area contributed by atoms with E-state index in [4.69, 9.17) is 0 Å². The van der Waals surface area contributed by atoms with E-state index in [1.165, 1.54) is 6.42 Å². The van der Waals surface area contributed by atoms with Crippen molar-refractivity contribution in [2.75, 3.05) is 0 Å². The van der Waals surface area contributed by atoms with Crippen LogP contribution in [0.1, 0.15) is 25.7 Å². The Balaban J connectivity index is 1.79. The summed E-state index contributed by atoms with van der Waals surface area (Å²) in [5.74, 6) is 0.626. The SMILES string of the molecule is FC(F)(F)C1CC2C3CCC(C3)C21. The molecular formula is C10H13F3. The molecule has 2 bridgehead atoms. The Morgan fingerprint density at radius 2 is 1.62 bits per heavy atom. The van der Waals surface area contributed by atoms with Crippen molar-refractivity contribution in [3.8, 4) is 0 Å². The summed E-state index contributed by atoms with van der Waals surface area (Å²) >= 11 is 0. The van der Waals surface area contributed by atoms with Gasteiger partial charge in [0, 0.05) is 0 Å². The summed E-state index contributed by atoms with van der Waals surface area (Å²) in [6.07, 6.45) is -0.0995. The van der Waals surface area contributed by atoms with Crippen molar-refractivity contribution >= 4 is 0 Å². The number of rotatable bonds is 0. The van der Waals surface area contributed by atoms with Gasteiger partial charge in [-0.1, -0.05) is 0 Å². The molecule has 0 heterocycles. The van der Waals surface area contributed by atoms with Crippen LogP contribution >= 0.6 is 0 Å². The second kappa shape index (κ2) is 2.23. The van der Waals surface area contributed by atoms with Crippen molar-refractivity contribution in [3.05, 3.63) is 0 Å². The molecule has 0 aromatic carbocycles. The van der Waals surface area contributed by atoms with Gasteiger partial charge < -0.3 is 0 Å². The van der Waals surface area contributed by atoms with Crippen molar-refractivity contribution in [1.29, 1.82) is 0 Å². The predicted octanol–water partition coefficient (Wildman–Crippen LogP) is 3.23. The highest BCUT2D eigenvalue weighted by atomic mass is 19.4. The summed E-state index contributed by atoms with van der Waals surface area (Å²) in [5, 5.41) is 0. The average molecular weight is 190 g/mol. The van der Waals surface area contributed by atoms with Crippen molar-refractivity contribution in [2.45, 2.75) is 31.9 Å². The first-order valence-electron chi connectivity index (χ1n) is 5.14. The van der Waals surface area contributed by atoms with Crippen molar-refractivity contribution in [3.63, 3.8) is 0 Å². The molecule has 0 amide bonds. The Bertz CT molecular complexity index is 231. The molecule has 5 atom stereocenters. The van der Waals surface area contributed by atoms with Gasteiger partial charge in [0.2, 0.25) is 0 Å². The Morgan fingerprint density at radius 3 is 2.23 bits per heavy atom. The highest BCUT2D eigenvalue weighted by Crippen LogP contribution is 2.66. The van der Waals surface area contributed by atoms with Crippen molar-refractivity contribution in [2.24, 2.45) is 29.6 Å².